The van der Waals surface area contributed by atoms with Crippen LogP contribution in [0, 0.1) is 0 Å². The molecule has 4 nitrogen and oxygen atoms in total. The third-order valence-electron chi connectivity index (χ3n) is 4.64. The van der Waals surface area contributed by atoms with Crippen molar-refractivity contribution in [3.8, 4) is 5.75 Å². The van der Waals surface area contributed by atoms with Gasteiger partial charge in [0.1, 0.15) is 17.9 Å². The van der Waals surface area contributed by atoms with Crippen molar-refractivity contribution in [2.24, 2.45) is 0 Å². The highest BCUT2D eigenvalue weighted by Gasteiger charge is 2.14. The third kappa shape index (κ3) is 2.05. The lowest BCUT2D eigenvalue weighted by Gasteiger charge is -2.04. The summed E-state index contributed by atoms with van der Waals surface area (Å²) in [5.41, 5.74) is 2.94. The van der Waals surface area contributed by atoms with E-state index >= 15 is 0 Å². The number of para-hydroxylation sites is 1. The standard InChI is InChI=1S/C22H15NO3/c1-2-11-25-15-8-9-16-19(12-15)26-20-13-23-17-6-4-3-5-14(17)7-10-18(23)21(20)22(16)24/h2-10,12-13H,1,11H2. The topological polar surface area (TPSA) is 43.9 Å². The first-order valence-electron chi connectivity index (χ1n) is 8.39. The maximum absolute atomic E-state index is 13.1. The average molecular weight is 341 g/mol. The van der Waals surface area contributed by atoms with Crippen LogP contribution < -0.4 is 10.2 Å². The van der Waals surface area contributed by atoms with Crippen molar-refractivity contribution in [2.45, 2.75) is 0 Å². The summed E-state index contributed by atoms with van der Waals surface area (Å²) in [5, 5.41) is 2.25. The fourth-order valence-electron chi connectivity index (χ4n) is 3.46. The number of aromatic nitrogens is 1. The molecule has 0 aliphatic carbocycles. The molecule has 0 unspecified atom stereocenters. The molecule has 0 saturated heterocycles. The van der Waals surface area contributed by atoms with Gasteiger partial charge in [0, 0.05) is 6.07 Å². The number of hydrogen-bond acceptors (Lipinski definition) is 3. The number of ether oxygens (including phenoxy) is 1. The number of fused-ring (bicyclic) bond motifs is 6. The average Bonchev–Trinajstić information content (AvgIpc) is 3.05. The molecular formula is C22H15NO3. The smallest absolute Gasteiger partial charge is 0.202 e. The van der Waals surface area contributed by atoms with E-state index in [4.69, 9.17) is 9.15 Å². The van der Waals surface area contributed by atoms with Crippen molar-refractivity contribution in [1.82, 2.24) is 4.40 Å². The van der Waals surface area contributed by atoms with Gasteiger partial charge in [0.05, 0.1) is 28.0 Å². The summed E-state index contributed by atoms with van der Waals surface area (Å²) in [4.78, 5) is 13.1. The maximum Gasteiger partial charge on any atom is 0.202 e. The van der Waals surface area contributed by atoms with Gasteiger partial charge in [-0.15, -0.1) is 0 Å². The SMILES string of the molecule is C=CCOc1ccc2c(=O)c3c(cn4c5ccccc5ccc34)oc2c1. The van der Waals surface area contributed by atoms with Crippen LogP contribution in [-0.4, -0.2) is 11.0 Å². The van der Waals surface area contributed by atoms with E-state index in [1.54, 1.807) is 24.3 Å². The molecule has 26 heavy (non-hydrogen) atoms. The Morgan fingerprint density at radius 1 is 1.04 bits per heavy atom. The van der Waals surface area contributed by atoms with E-state index in [0.29, 0.717) is 34.3 Å². The van der Waals surface area contributed by atoms with E-state index in [-0.39, 0.29) is 5.43 Å². The van der Waals surface area contributed by atoms with E-state index < -0.39 is 0 Å². The molecule has 5 rings (SSSR count). The molecule has 3 aromatic heterocycles. The van der Waals surface area contributed by atoms with Crippen LogP contribution in [0.25, 0.3) is 38.4 Å². The molecule has 126 valence electrons. The number of pyridine rings is 1. The van der Waals surface area contributed by atoms with Crippen LogP contribution in [0.5, 0.6) is 5.75 Å². The van der Waals surface area contributed by atoms with Crippen LogP contribution in [0.15, 0.2) is 82.7 Å². The third-order valence-corrected chi connectivity index (χ3v) is 4.64. The fraction of sp³-hybridized carbons (Fsp3) is 0.0455. The Kier molecular flexibility index (Phi) is 3.12. The summed E-state index contributed by atoms with van der Waals surface area (Å²) < 4.78 is 13.6. The van der Waals surface area contributed by atoms with Gasteiger partial charge in [-0.2, -0.15) is 0 Å². The summed E-state index contributed by atoms with van der Waals surface area (Å²) in [7, 11) is 0. The minimum absolute atomic E-state index is 0.0331. The minimum Gasteiger partial charge on any atom is -0.489 e. The van der Waals surface area contributed by atoms with Crippen molar-refractivity contribution in [3.63, 3.8) is 0 Å². The Labute approximate surface area is 148 Å². The monoisotopic (exact) mass is 341 g/mol. The minimum atomic E-state index is -0.0331. The van der Waals surface area contributed by atoms with E-state index in [9.17, 15) is 4.79 Å². The molecule has 0 atom stereocenters. The molecule has 0 bridgehead atoms. The molecule has 0 fully saturated rings. The van der Waals surface area contributed by atoms with Crippen molar-refractivity contribution in [1.29, 1.82) is 0 Å². The maximum atomic E-state index is 13.1. The van der Waals surface area contributed by atoms with Crippen molar-refractivity contribution < 1.29 is 9.15 Å². The predicted molar refractivity (Wildman–Crippen MR) is 104 cm³/mol. The zero-order valence-electron chi connectivity index (χ0n) is 13.9. The van der Waals surface area contributed by atoms with E-state index in [1.165, 1.54) is 0 Å². The molecule has 5 aromatic rings. The van der Waals surface area contributed by atoms with Gasteiger partial charge in [-0.1, -0.05) is 36.9 Å². The number of nitrogens with zero attached hydrogens (tertiary/aromatic N) is 1. The number of benzene rings is 2. The summed E-state index contributed by atoms with van der Waals surface area (Å²) in [6.45, 7) is 4.04. The number of hydrogen-bond donors (Lipinski definition) is 0. The highest BCUT2D eigenvalue weighted by Crippen LogP contribution is 2.28. The second-order valence-corrected chi connectivity index (χ2v) is 6.20. The largest absolute Gasteiger partial charge is 0.489 e. The second kappa shape index (κ2) is 5.49. The molecule has 3 heterocycles. The van der Waals surface area contributed by atoms with Crippen LogP contribution in [0.3, 0.4) is 0 Å². The molecule has 0 N–H and O–H groups in total. The Morgan fingerprint density at radius 2 is 1.92 bits per heavy atom. The highest BCUT2D eigenvalue weighted by molar-refractivity contribution is 6.02. The highest BCUT2D eigenvalue weighted by atomic mass is 16.5. The zero-order valence-corrected chi connectivity index (χ0v) is 13.9. The molecule has 0 amide bonds. The van der Waals surface area contributed by atoms with Gasteiger partial charge < -0.3 is 13.6 Å². The zero-order chi connectivity index (χ0) is 17.7. The van der Waals surface area contributed by atoms with Gasteiger partial charge in [-0.05, 0) is 29.7 Å². The lowest BCUT2D eigenvalue weighted by Crippen LogP contribution is -2.02. The summed E-state index contributed by atoms with van der Waals surface area (Å²) in [5.74, 6) is 0.647. The number of rotatable bonds is 3. The Hall–Kier alpha value is -3.53. The Morgan fingerprint density at radius 3 is 2.81 bits per heavy atom. The summed E-state index contributed by atoms with van der Waals surface area (Å²) in [6.07, 6.45) is 3.56. The van der Waals surface area contributed by atoms with Crippen LogP contribution in [0.1, 0.15) is 0 Å². The van der Waals surface area contributed by atoms with Gasteiger partial charge in [-0.25, -0.2) is 0 Å². The molecule has 0 radical (unpaired) electrons. The van der Waals surface area contributed by atoms with Crippen molar-refractivity contribution in [2.75, 3.05) is 6.61 Å². The molecule has 4 heteroatoms. The fourth-order valence-corrected chi connectivity index (χ4v) is 3.46. The van der Waals surface area contributed by atoms with Gasteiger partial charge in [0.15, 0.2) is 5.58 Å². The lowest BCUT2D eigenvalue weighted by atomic mass is 10.1. The Balaban J connectivity index is 1.87. The van der Waals surface area contributed by atoms with Gasteiger partial charge in [-0.3, -0.25) is 4.79 Å². The molecule has 0 saturated carbocycles. The first kappa shape index (κ1) is 14.8. The van der Waals surface area contributed by atoms with E-state index in [0.717, 1.165) is 16.4 Å². The van der Waals surface area contributed by atoms with Gasteiger partial charge in [0.25, 0.3) is 0 Å². The first-order valence-corrected chi connectivity index (χ1v) is 8.39. The second-order valence-electron chi connectivity index (χ2n) is 6.20. The normalized spacial score (nSPS) is 11.5. The van der Waals surface area contributed by atoms with E-state index in [1.807, 2.05) is 40.9 Å². The van der Waals surface area contributed by atoms with Crippen LogP contribution in [-0.2, 0) is 0 Å². The molecule has 2 aromatic carbocycles. The molecule has 0 aliphatic rings. The lowest BCUT2D eigenvalue weighted by molar-refractivity contribution is 0.363. The van der Waals surface area contributed by atoms with Crippen molar-refractivity contribution >= 4 is 38.4 Å². The van der Waals surface area contributed by atoms with E-state index in [2.05, 4.69) is 12.6 Å². The van der Waals surface area contributed by atoms with Crippen molar-refractivity contribution in [3.05, 3.63) is 83.7 Å². The molecule has 0 aliphatic heterocycles. The summed E-state index contributed by atoms with van der Waals surface area (Å²) >= 11 is 0. The Bertz CT molecular complexity index is 1370. The van der Waals surface area contributed by atoms with Crippen LogP contribution in [0.2, 0.25) is 0 Å². The van der Waals surface area contributed by atoms with Gasteiger partial charge in [0.2, 0.25) is 5.43 Å². The first-order chi connectivity index (χ1) is 12.8. The summed E-state index contributed by atoms with van der Waals surface area (Å²) in [6, 6.07) is 17.4. The van der Waals surface area contributed by atoms with Crippen LogP contribution >= 0.6 is 0 Å². The van der Waals surface area contributed by atoms with Crippen LogP contribution in [0.4, 0.5) is 0 Å². The predicted octanol–water partition coefficient (Wildman–Crippen LogP) is 4.92. The molecular weight excluding hydrogens is 326 g/mol. The molecule has 0 spiro atoms. The quantitative estimate of drug-likeness (QED) is 0.438. The van der Waals surface area contributed by atoms with Gasteiger partial charge >= 0.3 is 0 Å².